The van der Waals surface area contributed by atoms with Gasteiger partial charge >= 0.3 is 6.61 Å². The Hall–Kier alpha value is -0.870. The molecule has 0 unspecified atom stereocenters. The lowest BCUT2D eigenvalue weighted by atomic mass is 9.73. The Balaban J connectivity index is 2.22. The zero-order chi connectivity index (χ0) is 11.8. The van der Waals surface area contributed by atoms with E-state index in [1.54, 1.807) is 12.1 Å². The van der Waals surface area contributed by atoms with Crippen LogP contribution in [0.5, 0.6) is 5.75 Å². The average Bonchev–Trinajstić information content (AvgIpc) is 2.17. The molecule has 1 aliphatic rings. The average molecular weight is 248 g/mol. The van der Waals surface area contributed by atoms with Crippen molar-refractivity contribution in [3.8, 4) is 5.75 Å². The Kier molecular flexibility index (Phi) is 3.04. The molecule has 0 bridgehead atoms. The minimum Gasteiger partial charge on any atom is -0.433 e. The number of rotatable bonds is 3. The highest BCUT2D eigenvalue weighted by molar-refractivity contribution is 6.32. The molecule has 0 amide bonds. The number of benzene rings is 1. The molecule has 1 aromatic rings. The summed E-state index contributed by atoms with van der Waals surface area (Å²) in [5, 5.41) is 0.175. The smallest absolute Gasteiger partial charge is 0.387 e. The largest absolute Gasteiger partial charge is 0.433 e. The third-order valence-electron chi connectivity index (χ3n) is 2.97. The predicted molar refractivity (Wildman–Crippen MR) is 57.8 cm³/mol. The van der Waals surface area contributed by atoms with Crippen LogP contribution in [0.4, 0.5) is 8.78 Å². The maximum absolute atomic E-state index is 12.0. The predicted octanol–water partition coefficient (Wildman–Crippen LogP) is 3.28. The van der Waals surface area contributed by atoms with E-state index in [9.17, 15) is 8.78 Å². The van der Waals surface area contributed by atoms with Crippen molar-refractivity contribution in [2.45, 2.75) is 31.4 Å². The highest BCUT2D eigenvalue weighted by Gasteiger charge is 2.34. The molecule has 0 saturated heterocycles. The van der Waals surface area contributed by atoms with E-state index >= 15 is 0 Å². The van der Waals surface area contributed by atoms with Crippen molar-refractivity contribution in [2.75, 3.05) is 0 Å². The third kappa shape index (κ3) is 2.13. The Morgan fingerprint density at radius 3 is 2.50 bits per heavy atom. The highest BCUT2D eigenvalue weighted by Crippen LogP contribution is 2.41. The van der Waals surface area contributed by atoms with Crippen LogP contribution < -0.4 is 10.5 Å². The molecule has 0 spiro atoms. The lowest BCUT2D eigenvalue weighted by molar-refractivity contribution is -0.0498. The van der Waals surface area contributed by atoms with Crippen LogP contribution in [-0.2, 0) is 5.54 Å². The third-order valence-corrected chi connectivity index (χ3v) is 3.26. The molecule has 2 rings (SSSR count). The van der Waals surface area contributed by atoms with Crippen LogP contribution in [0.1, 0.15) is 24.8 Å². The van der Waals surface area contributed by atoms with Crippen molar-refractivity contribution < 1.29 is 13.5 Å². The van der Waals surface area contributed by atoms with Gasteiger partial charge in [-0.25, -0.2) is 0 Å². The van der Waals surface area contributed by atoms with Gasteiger partial charge in [0, 0.05) is 5.54 Å². The van der Waals surface area contributed by atoms with Crippen LogP contribution in [-0.4, -0.2) is 6.61 Å². The van der Waals surface area contributed by atoms with Gasteiger partial charge < -0.3 is 10.5 Å². The maximum Gasteiger partial charge on any atom is 0.387 e. The highest BCUT2D eigenvalue weighted by atomic mass is 35.5. The van der Waals surface area contributed by atoms with Crippen molar-refractivity contribution in [1.29, 1.82) is 0 Å². The van der Waals surface area contributed by atoms with E-state index < -0.39 is 6.61 Å². The van der Waals surface area contributed by atoms with E-state index in [1.165, 1.54) is 6.07 Å². The SMILES string of the molecule is NC1(c2ccc(OC(F)F)c(Cl)c2)CCC1. The Morgan fingerprint density at radius 2 is 2.06 bits per heavy atom. The molecule has 0 aliphatic heterocycles. The minimum absolute atomic E-state index is 0.0108. The van der Waals surface area contributed by atoms with Gasteiger partial charge in [-0.3, -0.25) is 0 Å². The molecule has 0 aromatic heterocycles. The van der Waals surface area contributed by atoms with Crippen molar-refractivity contribution in [2.24, 2.45) is 5.73 Å². The van der Waals surface area contributed by atoms with E-state index in [2.05, 4.69) is 4.74 Å². The second kappa shape index (κ2) is 4.18. The fourth-order valence-corrected chi connectivity index (χ4v) is 2.07. The molecule has 0 heterocycles. The fraction of sp³-hybridized carbons (Fsp3) is 0.455. The molecule has 0 radical (unpaired) electrons. The van der Waals surface area contributed by atoms with Gasteiger partial charge in [-0.05, 0) is 37.0 Å². The number of alkyl halides is 2. The first-order valence-corrected chi connectivity index (χ1v) is 5.43. The number of nitrogens with two attached hydrogens (primary N) is 1. The van der Waals surface area contributed by atoms with E-state index in [0.717, 1.165) is 24.8 Å². The first-order chi connectivity index (χ1) is 7.51. The van der Waals surface area contributed by atoms with E-state index in [-0.39, 0.29) is 16.3 Å². The molecule has 1 aromatic carbocycles. The van der Waals surface area contributed by atoms with Gasteiger partial charge in [-0.2, -0.15) is 8.78 Å². The van der Waals surface area contributed by atoms with Crippen LogP contribution in [0.15, 0.2) is 18.2 Å². The summed E-state index contributed by atoms with van der Waals surface area (Å²) in [4.78, 5) is 0. The second-order valence-corrected chi connectivity index (χ2v) is 4.44. The summed E-state index contributed by atoms with van der Waals surface area (Å²) < 4.78 is 28.3. The van der Waals surface area contributed by atoms with Crippen LogP contribution in [0, 0.1) is 0 Å². The molecule has 1 fully saturated rings. The van der Waals surface area contributed by atoms with Crippen LogP contribution in [0.25, 0.3) is 0 Å². The molecule has 2 N–H and O–H groups in total. The van der Waals surface area contributed by atoms with Crippen molar-refractivity contribution >= 4 is 11.6 Å². The zero-order valence-corrected chi connectivity index (χ0v) is 9.31. The molecule has 1 aliphatic carbocycles. The minimum atomic E-state index is -2.86. The molecule has 1 saturated carbocycles. The molecular formula is C11H12ClF2NO. The van der Waals surface area contributed by atoms with Crippen molar-refractivity contribution in [1.82, 2.24) is 0 Å². The van der Waals surface area contributed by atoms with Gasteiger partial charge in [0.25, 0.3) is 0 Å². The monoisotopic (exact) mass is 247 g/mol. The van der Waals surface area contributed by atoms with Crippen LogP contribution >= 0.6 is 11.6 Å². The van der Waals surface area contributed by atoms with Gasteiger partial charge in [0.2, 0.25) is 0 Å². The van der Waals surface area contributed by atoms with Crippen LogP contribution in [0.3, 0.4) is 0 Å². The van der Waals surface area contributed by atoms with E-state index in [1.807, 2.05) is 0 Å². The molecular weight excluding hydrogens is 236 g/mol. The Labute approximate surface area is 97.3 Å². The fourth-order valence-electron chi connectivity index (χ4n) is 1.85. The summed E-state index contributed by atoms with van der Waals surface area (Å²) >= 11 is 5.85. The van der Waals surface area contributed by atoms with Crippen molar-refractivity contribution in [3.63, 3.8) is 0 Å². The topological polar surface area (TPSA) is 35.2 Å². The summed E-state index contributed by atoms with van der Waals surface area (Å²) in [7, 11) is 0. The first-order valence-electron chi connectivity index (χ1n) is 5.05. The number of ether oxygens (including phenoxy) is 1. The maximum atomic E-state index is 12.0. The normalized spacial score (nSPS) is 18.3. The summed E-state index contributed by atoms with van der Waals surface area (Å²) in [5.74, 6) is -0.0108. The van der Waals surface area contributed by atoms with E-state index in [4.69, 9.17) is 17.3 Å². The summed E-state index contributed by atoms with van der Waals surface area (Å²) in [5.41, 5.74) is 6.64. The van der Waals surface area contributed by atoms with Crippen LogP contribution in [0.2, 0.25) is 5.02 Å². The zero-order valence-electron chi connectivity index (χ0n) is 8.55. The van der Waals surface area contributed by atoms with Gasteiger partial charge in [-0.15, -0.1) is 0 Å². The molecule has 5 heteroatoms. The number of hydrogen-bond donors (Lipinski definition) is 1. The molecule has 2 nitrogen and oxygen atoms in total. The summed E-state index contributed by atoms with van der Waals surface area (Å²) in [6.45, 7) is -2.86. The van der Waals surface area contributed by atoms with Gasteiger partial charge in [0.15, 0.2) is 0 Å². The Morgan fingerprint density at radius 1 is 1.38 bits per heavy atom. The summed E-state index contributed by atoms with van der Waals surface area (Å²) in [6.07, 6.45) is 2.89. The second-order valence-electron chi connectivity index (χ2n) is 4.03. The quantitative estimate of drug-likeness (QED) is 0.890. The Bertz CT molecular complexity index is 394. The lowest BCUT2D eigenvalue weighted by Gasteiger charge is -2.38. The van der Waals surface area contributed by atoms with E-state index in [0.29, 0.717) is 0 Å². The lowest BCUT2D eigenvalue weighted by Crippen LogP contribution is -2.43. The standard InChI is InChI=1S/C11H12ClF2NO/c12-8-6-7(11(15)4-1-5-11)2-3-9(8)16-10(13)14/h2-3,6,10H,1,4-5,15H2. The molecule has 88 valence electrons. The van der Waals surface area contributed by atoms with Crippen molar-refractivity contribution in [3.05, 3.63) is 28.8 Å². The summed E-state index contributed by atoms with van der Waals surface area (Å²) in [6, 6.07) is 4.75. The number of hydrogen-bond acceptors (Lipinski definition) is 2. The van der Waals surface area contributed by atoms with Gasteiger partial charge in [0.1, 0.15) is 5.75 Å². The first kappa shape index (κ1) is 11.6. The van der Waals surface area contributed by atoms with Gasteiger partial charge in [-0.1, -0.05) is 17.7 Å². The molecule has 16 heavy (non-hydrogen) atoms. The number of halogens is 3. The molecule has 0 atom stereocenters. The van der Waals surface area contributed by atoms with Gasteiger partial charge in [0.05, 0.1) is 5.02 Å².